The molecule has 0 aromatic heterocycles. The Kier molecular flexibility index (Phi) is 5.84. The standard InChI is InChI=1S/C20H30N2O4/c1-13-7-6-8-16(14(13)2)26-18(25)21-12-20(5)10-15(22-17(23)24)9-19(3,4)11-20/h6-8,15,22H,9-12H2,1-5H3,(H,21,25)(H,23,24). The fraction of sp³-hybridized carbons (Fsp3) is 0.600. The van der Waals surface area contributed by atoms with Crippen molar-refractivity contribution in [2.45, 2.75) is 59.9 Å². The fourth-order valence-corrected chi connectivity index (χ4v) is 4.30. The Labute approximate surface area is 155 Å². The number of amides is 2. The minimum Gasteiger partial charge on any atom is -0.465 e. The van der Waals surface area contributed by atoms with Gasteiger partial charge in [-0.2, -0.15) is 0 Å². The van der Waals surface area contributed by atoms with Crippen LogP contribution in [0.15, 0.2) is 18.2 Å². The molecule has 2 amide bonds. The lowest BCUT2D eigenvalue weighted by atomic mass is 9.62. The first kappa shape index (κ1) is 20.1. The number of aryl methyl sites for hydroxylation is 1. The van der Waals surface area contributed by atoms with E-state index >= 15 is 0 Å². The summed E-state index contributed by atoms with van der Waals surface area (Å²) in [4.78, 5) is 23.3. The van der Waals surface area contributed by atoms with Crippen molar-refractivity contribution >= 4 is 12.2 Å². The number of benzene rings is 1. The second kappa shape index (κ2) is 7.56. The lowest BCUT2D eigenvalue weighted by Crippen LogP contribution is -2.50. The van der Waals surface area contributed by atoms with E-state index in [9.17, 15) is 9.59 Å². The molecule has 0 aliphatic heterocycles. The quantitative estimate of drug-likeness (QED) is 0.747. The molecule has 2 atom stereocenters. The van der Waals surface area contributed by atoms with Gasteiger partial charge in [-0.15, -0.1) is 0 Å². The molecule has 6 nitrogen and oxygen atoms in total. The number of nitrogens with one attached hydrogen (secondary N) is 2. The van der Waals surface area contributed by atoms with Gasteiger partial charge in [0.05, 0.1) is 0 Å². The molecular weight excluding hydrogens is 332 g/mol. The van der Waals surface area contributed by atoms with Gasteiger partial charge < -0.3 is 20.5 Å². The highest BCUT2D eigenvalue weighted by atomic mass is 16.6. The van der Waals surface area contributed by atoms with E-state index in [1.165, 1.54) is 0 Å². The van der Waals surface area contributed by atoms with E-state index in [4.69, 9.17) is 9.84 Å². The Morgan fingerprint density at radius 1 is 1.23 bits per heavy atom. The predicted molar refractivity (Wildman–Crippen MR) is 101 cm³/mol. The molecule has 0 saturated heterocycles. The molecule has 2 rings (SSSR count). The molecule has 1 saturated carbocycles. The number of hydrogen-bond acceptors (Lipinski definition) is 3. The van der Waals surface area contributed by atoms with Gasteiger partial charge in [0.1, 0.15) is 5.75 Å². The van der Waals surface area contributed by atoms with Gasteiger partial charge in [0, 0.05) is 12.6 Å². The predicted octanol–water partition coefficient (Wildman–Crippen LogP) is 4.24. The zero-order valence-corrected chi connectivity index (χ0v) is 16.3. The van der Waals surface area contributed by atoms with Gasteiger partial charge in [-0.3, -0.25) is 0 Å². The maximum absolute atomic E-state index is 12.2. The lowest BCUT2D eigenvalue weighted by molar-refractivity contribution is 0.0695. The summed E-state index contributed by atoms with van der Waals surface area (Å²) in [6.07, 6.45) is 0.902. The molecule has 1 aromatic carbocycles. The smallest absolute Gasteiger partial charge is 0.412 e. The van der Waals surface area contributed by atoms with Crippen molar-refractivity contribution in [3.05, 3.63) is 29.3 Å². The normalized spacial score (nSPS) is 24.6. The van der Waals surface area contributed by atoms with Crippen LogP contribution in [0.25, 0.3) is 0 Å². The molecule has 1 aromatic rings. The number of rotatable bonds is 4. The van der Waals surface area contributed by atoms with Gasteiger partial charge >= 0.3 is 12.2 Å². The molecule has 3 N–H and O–H groups in total. The summed E-state index contributed by atoms with van der Waals surface area (Å²) >= 11 is 0. The van der Waals surface area contributed by atoms with Gasteiger partial charge in [-0.25, -0.2) is 9.59 Å². The Bertz CT molecular complexity index is 686. The average molecular weight is 362 g/mol. The van der Waals surface area contributed by atoms with Crippen LogP contribution in [-0.4, -0.2) is 29.9 Å². The fourth-order valence-electron chi connectivity index (χ4n) is 4.30. The first-order valence-electron chi connectivity index (χ1n) is 9.01. The first-order valence-corrected chi connectivity index (χ1v) is 9.01. The van der Waals surface area contributed by atoms with Crippen LogP contribution in [0.3, 0.4) is 0 Å². The van der Waals surface area contributed by atoms with Crippen LogP contribution in [0.4, 0.5) is 9.59 Å². The highest BCUT2D eigenvalue weighted by molar-refractivity contribution is 5.71. The second-order valence-corrected chi connectivity index (χ2v) is 8.65. The number of carboxylic acid groups (broad SMARTS) is 1. The third-order valence-corrected chi connectivity index (χ3v) is 5.19. The van der Waals surface area contributed by atoms with Crippen molar-refractivity contribution in [3.63, 3.8) is 0 Å². The topological polar surface area (TPSA) is 87.7 Å². The summed E-state index contributed by atoms with van der Waals surface area (Å²) in [5.41, 5.74) is 1.81. The summed E-state index contributed by atoms with van der Waals surface area (Å²) in [6.45, 7) is 10.7. The molecule has 1 aliphatic rings. The van der Waals surface area contributed by atoms with Crippen LogP contribution in [0.2, 0.25) is 0 Å². The van der Waals surface area contributed by atoms with Crippen LogP contribution in [0, 0.1) is 24.7 Å². The molecular formula is C20H30N2O4. The largest absolute Gasteiger partial charge is 0.465 e. The van der Waals surface area contributed by atoms with Gasteiger partial charge in [-0.1, -0.05) is 32.9 Å². The van der Waals surface area contributed by atoms with Gasteiger partial charge in [-0.05, 0) is 61.1 Å². The molecule has 6 heteroatoms. The van der Waals surface area contributed by atoms with Crippen LogP contribution < -0.4 is 15.4 Å². The van der Waals surface area contributed by atoms with Crippen molar-refractivity contribution < 1.29 is 19.4 Å². The molecule has 0 bridgehead atoms. The second-order valence-electron chi connectivity index (χ2n) is 8.65. The first-order chi connectivity index (χ1) is 12.0. The molecule has 1 fully saturated rings. The maximum Gasteiger partial charge on any atom is 0.412 e. The van der Waals surface area contributed by atoms with E-state index in [0.717, 1.165) is 24.0 Å². The number of carbonyl (C=O) groups is 2. The number of ether oxygens (including phenoxy) is 1. The van der Waals surface area contributed by atoms with E-state index in [0.29, 0.717) is 18.7 Å². The monoisotopic (exact) mass is 362 g/mol. The Hall–Kier alpha value is -2.24. The van der Waals surface area contributed by atoms with Crippen molar-refractivity contribution in [2.24, 2.45) is 10.8 Å². The van der Waals surface area contributed by atoms with Crippen LogP contribution in [0.1, 0.15) is 51.2 Å². The Morgan fingerprint density at radius 2 is 1.92 bits per heavy atom. The third-order valence-electron chi connectivity index (χ3n) is 5.19. The highest BCUT2D eigenvalue weighted by Gasteiger charge is 2.42. The van der Waals surface area contributed by atoms with Gasteiger partial charge in [0.2, 0.25) is 0 Å². The molecule has 0 heterocycles. The molecule has 144 valence electrons. The molecule has 1 aliphatic carbocycles. The molecule has 2 unspecified atom stereocenters. The van der Waals surface area contributed by atoms with E-state index < -0.39 is 12.2 Å². The minimum atomic E-state index is -1.00. The average Bonchev–Trinajstić information content (AvgIpc) is 2.47. The molecule has 26 heavy (non-hydrogen) atoms. The number of hydrogen-bond donors (Lipinski definition) is 3. The van der Waals surface area contributed by atoms with Crippen molar-refractivity contribution in [1.29, 1.82) is 0 Å². The lowest BCUT2D eigenvalue weighted by Gasteiger charge is -2.46. The number of carbonyl (C=O) groups excluding carboxylic acids is 1. The third kappa shape index (κ3) is 5.38. The zero-order chi connectivity index (χ0) is 19.5. The van der Waals surface area contributed by atoms with Crippen LogP contribution in [-0.2, 0) is 0 Å². The van der Waals surface area contributed by atoms with Crippen molar-refractivity contribution in [3.8, 4) is 5.75 Å². The van der Waals surface area contributed by atoms with Gasteiger partial charge in [0.25, 0.3) is 0 Å². The summed E-state index contributed by atoms with van der Waals surface area (Å²) < 4.78 is 5.45. The van der Waals surface area contributed by atoms with E-state index in [1.54, 1.807) is 6.07 Å². The Balaban J connectivity index is 1.98. The van der Waals surface area contributed by atoms with Gasteiger partial charge in [0.15, 0.2) is 0 Å². The summed E-state index contributed by atoms with van der Waals surface area (Å²) in [6, 6.07) is 5.50. The maximum atomic E-state index is 12.2. The summed E-state index contributed by atoms with van der Waals surface area (Å²) in [5, 5.41) is 14.5. The van der Waals surface area contributed by atoms with E-state index in [-0.39, 0.29) is 16.9 Å². The van der Waals surface area contributed by atoms with Crippen molar-refractivity contribution in [2.75, 3.05) is 6.54 Å². The van der Waals surface area contributed by atoms with Crippen molar-refractivity contribution in [1.82, 2.24) is 10.6 Å². The minimum absolute atomic E-state index is 0.00116. The van der Waals surface area contributed by atoms with Crippen LogP contribution in [0.5, 0.6) is 5.75 Å². The molecule has 0 spiro atoms. The SMILES string of the molecule is Cc1cccc(OC(=O)NCC2(C)CC(NC(=O)O)CC(C)(C)C2)c1C. The Morgan fingerprint density at radius 3 is 2.58 bits per heavy atom. The molecule has 0 radical (unpaired) electrons. The zero-order valence-electron chi connectivity index (χ0n) is 16.3. The van der Waals surface area contributed by atoms with E-state index in [2.05, 4.69) is 31.4 Å². The van der Waals surface area contributed by atoms with Crippen LogP contribution >= 0.6 is 0 Å². The van der Waals surface area contributed by atoms with E-state index in [1.807, 2.05) is 26.0 Å². The highest BCUT2D eigenvalue weighted by Crippen LogP contribution is 2.45. The summed E-state index contributed by atoms with van der Waals surface area (Å²) in [7, 11) is 0. The summed E-state index contributed by atoms with van der Waals surface area (Å²) in [5.74, 6) is 0.557.